The van der Waals surface area contributed by atoms with E-state index in [9.17, 15) is 0 Å². The maximum atomic E-state index is 8.39. The van der Waals surface area contributed by atoms with Gasteiger partial charge < -0.3 is 5.32 Å². The summed E-state index contributed by atoms with van der Waals surface area (Å²) >= 11 is 0. The lowest BCUT2D eigenvalue weighted by Gasteiger charge is -2.05. The van der Waals surface area contributed by atoms with Crippen molar-refractivity contribution in [2.45, 2.75) is 12.8 Å². The van der Waals surface area contributed by atoms with E-state index < -0.39 is 0 Å². The minimum absolute atomic E-state index is 0.837. The Bertz CT molecular complexity index is 399. The van der Waals surface area contributed by atoms with Crippen molar-refractivity contribution in [3.05, 3.63) is 41.5 Å². The number of hydrogen-bond donors (Lipinski definition) is 1. The molecular formula is C12H12N2. The predicted molar refractivity (Wildman–Crippen MR) is 57.1 cm³/mol. The molecule has 2 rings (SSSR count). The summed E-state index contributed by atoms with van der Waals surface area (Å²) in [6, 6.07) is 8.36. The monoisotopic (exact) mass is 184 g/mol. The van der Waals surface area contributed by atoms with Crippen molar-refractivity contribution in [2.24, 2.45) is 0 Å². The molecule has 2 nitrogen and oxygen atoms in total. The summed E-state index contributed by atoms with van der Waals surface area (Å²) in [7, 11) is 0. The minimum Gasteiger partial charge on any atom is -0.384 e. The van der Waals surface area contributed by atoms with E-state index in [-0.39, 0.29) is 0 Å². The van der Waals surface area contributed by atoms with Crippen LogP contribution >= 0.6 is 0 Å². The molecule has 0 fully saturated rings. The molecule has 2 heteroatoms. The fraction of sp³-hybridized carbons (Fsp3) is 0.250. The Hall–Kier alpha value is -1.75. The topological polar surface area (TPSA) is 35.8 Å². The van der Waals surface area contributed by atoms with Crippen LogP contribution in [0.2, 0.25) is 0 Å². The van der Waals surface area contributed by atoms with Gasteiger partial charge in [0.2, 0.25) is 0 Å². The summed E-state index contributed by atoms with van der Waals surface area (Å²) in [4.78, 5) is 0. The second-order valence-corrected chi connectivity index (χ2v) is 3.36. The molecule has 0 aromatic heterocycles. The number of allylic oxidation sites excluding steroid dienone is 2. The second kappa shape index (κ2) is 3.97. The van der Waals surface area contributed by atoms with Crippen LogP contribution in [-0.4, -0.2) is 6.54 Å². The first-order valence-electron chi connectivity index (χ1n) is 4.81. The second-order valence-electron chi connectivity index (χ2n) is 3.36. The number of nitriles is 1. The van der Waals surface area contributed by atoms with Crippen molar-refractivity contribution in [3.8, 4) is 6.07 Å². The predicted octanol–water partition coefficient (Wildman–Crippen LogP) is 2.28. The summed E-state index contributed by atoms with van der Waals surface area (Å²) in [6.07, 6.45) is 5.39. The average Bonchev–Trinajstić information content (AvgIpc) is 2.67. The van der Waals surface area contributed by atoms with Crippen LogP contribution in [0.25, 0.3) is 0 Å². The van der Waals surface area contributed by atoms with E-state index >= 15 is 0 Å². The quantitative estimate of drug-likeness (QED) is 0.716. The Morgan fingerprint density at radius 3 is 3.29 bits per heavy atom. The maximum Gasteiger partial charge on any atom is 0.0908 e. The molecule has 70 valence electrons. The first kappa shape index (κ1) is 8.83. The van der Waals surface area contributed by atoms with E-state index in [2.05, 4.69) is 23.5 Å². The Balaban J connectivity index is 2.23. The summed E-state index contributed by atoms with van der Waals surface area (Å²) in [5.74, 6) is 0. The first-order chi connectivity index (χ1) is 6.92. The molecule has 0 radical (unpaired) electrons. The highest BCUT2D eigenvalue weighted by atomic mass is 14.9. The third-order valence-electron chi connectivity index (χ3n) is 2.46. The Morgan fingerprint density at radius 2 is 2.43 bits per heavy atom. The van der Waals surface area contributed by atoms with Gasteiger partial charge in [0.25, 0.3) is 0 Å². The lowest BCUT2D eigenvalue weighted by atomic mass is 10.1. The smallest absolute Gasteiger partial charge is 0.0908 e. The van der Waals surface area contributed by atoms with Crippen molar-refractivity contribution in [3.63, 3.8) is 0 Å². The molecule has 1 aliphatic heterocycles. The fourth-order valence-corrected chi connectivity index (χ4v) is 1.82. The number of nitrogens with one attached hydrogen (secondary N) is 1. The fourth-order valence-electron chi connectivity index (χ4n) is 1.82. The summed E-state index contributed by atoms with van der Waals surface area (Å²) in [5.41, 5.74) is 3.95. The summed E-state index contributed by atoms with van der Waals surface area (Å²) in [5, 5.41) is 11.8. The van der Waals surface area contributed by atoms with Crippen LogP contribution in [0, 0.1) is 11.3 Å². The van der Waals surface area contributed by atoms with Gasteiger partial charge in [0.05, 0.1) is 6.07 Å². The van der Waals surface area contributed by atoms with Crippen LogP contribution in [0.4, 0.5) is 5.69 Å². The molecule has 1 aromatic carbocycles. The van der Waals surface area contributed by atoms with Gasteiger partial charge >= 0.3 is 0 Å². The van der Waals surface area contributed by atoms with Crippen molar-refractivity contribution in [1.29, 1.82) is 5.26 Å². The molecular weight excluding hydrogens is 172 g/mol. The molecule has 0 unspecified atom stereocenters. The van der Waals surface area contributed by atoms with Gasteiger partial charge in [0.15, 0.2) is 0 Å². The van der Waals surface area contributed by atoms with Crippen LogP contribution < -0.4 is 5.32 Å². The van der Waals surface area contributed by atoms with E-state index in [1.165, 1.54) is 22.9 Å². The normalized spacial score (nSPS) is 13.6. The highest BCUT2D eigenvalue weighted by Crippen LogP contribution is 2.26. The number of hydrogen-bond acceptors (Lipinski definition) is 2. The molecule has 0 spiro atoms. The van der Waals surface area contributed by atoms with Crippen molar-refractivity contribution in [1.82, 2.24) is 0 Å². The Labute approximate surface area is 83.9 Å². The van der Waals surface area contributed by atoms with Crippen LogP contribution in [0.5, 0.6) is 0 Å². The number of anilines is 1. The molecule has 1 heterocycles. The van der Waals surface area contributed by atoms with Crippen LogP contribution in [0.1, 0.15) is 11.1 Å². The van der Waals surface area contributed by atoms with Crippen molar-refractivity contribution in [2.75, 3.05) is 11.9 Å². The van der Waals surface area contributed by atoms with Crippen LogP contribution in [0.15, 0.2) is 30.4 Å². The van der Waals surface area contributed by atoms with Gasteiger partial charge in [-0.2, -0.15) is 5.26 Å². The summed E-state index contributed by atoms with van der Waals surface area (Å²) in [6.45, 7) is 1.04. The first-order valence-corrected chi connectivity index (χ1v) is 4.81. The van der Waals surface area contributed by atoms with Gasteiger partial charge in [0.1, 0.15) is 0 Å². The van der Waals surface area contributed by atoms with Gasteiger partial charge in [-0.15, -0.1) is 0 Å². The third-order valence-corrected chi connectivity index (χ3v) is 2.46. The van der Waals surface area contributed by atoms with E-state index in [1.54, 1.807) is 0 Å². The van der Waals surface area contributed by atoms with E-state index in [0.717, 1.165) is 19.4 Å². The molecule has 14 heavy (non-hydrogen) atoms. The number of rotatable bonds is 2. The lowest BCUT2D eigenvalue weighted by molar-refractivity contribution is 1.11. The molecule has 0 saturated carbocycles. The zero-order valence-corrected chi connectivity index (χ0v) is 7.96. The number of nitrogens with zero attached hydrogens (tertiary/aromatic N) is 1. The number of fused-ring (bicyclic) bond motifs is 1. The molecule has 1 N–H and O–H groups in total. The number of benzene rings is 1. The van der Waals surface area contributed by atoms with E-state index in [1.807, 2.05) is 12.1 Å². The van der Waals surface area contributed by atoms with Crippen LogP contribution in [-0.2, 0) is 12.8 Å². The zero-order valence-electron chi connectivity index (χ0n) is 7.96. The lowest BCUT2D eigenvalue weighted by Crippen LogP contribution is -1.94. The van der Waals surface area contributed by atoms with Crippen molar-refractivity contribution >= 4 is 5.69 Å². The molecule has 1 aliphatic rings. The number of para-hydroxylation sites is 1. The highest BCUT2D eigenvalue weighted by Gasteiger charge is 2.11. The van der Waals surface area contributed by atoms with E-state index in [4.69, 9.17) is 5.26 Å². The molecule has 0 amide bonds. The third kappa shape index (κ3) is 1.62. The van der Waals surface area contributed by atoms with Gasteiger partial charge in [-0.05, 0) is 24.0 Å². The Morgan fingerprint density at radius 1 is 1.50 bits per heavy atom. The molecule has 0 bridgehead atoms. The van der Waals surface area contributed by atoms with Crippen LogP contribution in [0.3, 0.4) is 0 Å². The molecule has 1 aromatic rings. The van der Waals surface area contributed by atoms with Gasteiger partial charge in [0, 0.05) is 18.3 Å². The van der Waals surface area contributed by atoms with Crippen molar-refractivity contribution < 1.29 is 0 Å². The molecule has 0 aliphatic carbocycles. The standard InChI is InChI=1S/C12H12N2/c13-8-2-1-4-10-5-3-6-11-7-9-14-12(10)11/h1-3,5-6,14H,4,7,9H2. The van der Waals surface area contributed by atoms with Gasteiger partial charge in [-0.3, -0.25) is 0 Å². The van der Waals surface area contributed by atoms with Gasteiger partial charge in [-0.25, -0.2) is 0 Å². The van der Waals surface area contributed by atoms with E-state index in [0.29, 0.717) is 0 Å². The minimum atomic E-state index is 0.837. The molecule has 0 saturated heterocycles. The molecule has 0 atom stereocenters. The Kier molecular flexibility index (Phi) is 2.51. The maximum absolute atomic E-state index is 8.39. The summed E-state index contributed by atoms with van der Waals surface area (Å²) < 4.78 is 0. The average molecular weight is 184 g/mol. The SMILES string of the molecule is N#CC=CCc1cccc2c1NCC2. The largest absolute Gasteiger partial charge is 0.384 e. The highest BCUT2D eigenvalue weighted by molar-refractivity contribution is 5.61. The van der Waals surface area contributed by atoms with Gasteiger partial charge in [-0.1, -0.05) is 24.3 Å². The zero-order chi connectivity index (χ0) is 9.80.